The lowest BCUT2D eigenvalue weighted by Gasteiger charge is -2.35. The average molecular weight is 255 g/mol. The molecule has 1 rings (SSSR count). The number of primary amides is 1. The zero-order valence-corrected chi connectivity index (χ0v) is 12.1. The molecule has 0 aromatic rings. The minimum Gasteiger partial charge on any atom is -0.368 e. The summed E-state index contributed by atoms with van der Waals surface area (Å²) >= 11 is 0. The van der Waals surface area contributed by atoms with Crippen molar-refractivity contribution in [1.29, 1.82) is 0 Å². The van der Waals surface area contributed by atoms with Gasteiger partial charge in [0.05, 0.1) is 6.04 Å². The Morgan fingerprint density at radius 2 is 1.94 bits per heavy atom. The molecule has 106 valence electrons. The third-order valence-electron chi connectivity index (χ3n) is 4.28. The van der Waals surface area contributed by atoms with Gasteiger partial charge in [-0.3, -0.25) is 4.79 Å². The summed E-state index contributed by atoms with van der Waals surface area (Å²) in [4.78, 5) is 13.6. The predicted octanol–water partition coefficient (Wildman–Crippen LogP) is 1.35. The van der Waals surface area contributed by atoms with Crippen LogP contribution in [0.25, 0.3) is 0 Å². The highest BCUT2D eigenvalue weighted by molar-refractivity contribution is 5.80. The van der Waals surface area contributed by atoms with E-state index in [4.69, 9.17) is 5.73 Å². The number of hydrogen-bond donors (Lipinski definition) is 2. The second-order valence-electron chi connectivity index (χ2n) is 5.54. The third kappa shape index (κ3) is 4.58. The molecule has 0 aliphatic heterocycles. The van der Waals surface area contributed by atoms with Gasteiger partial charge in [0.1, 0.15) is 0 Å². The van der Waals surface area contributed by atoms with Crippen molar-refractivity contribution in [3.05, 3.63) is 0 Å². The first-order valence-electron chi connectivity index (χ1n) is 7.31. The normalized spacial score (nSPS) is 26.2. The molecule has 0 radical (unpaired) electrons. The van der Waals surface area contributed by atoms with Crippen LogP contribution in [0.4, 0.5) is 0 Å². The maximum atomic E-state index is 11.3. The minimum atomic E-state index is -0.244. The van der Waals surface area contributed by atoms with E-state index in [-0.39, 0.29) is 11.9 Å². The SMILES string of the molecule is CCNC(CN(C)C1CCC(CC)CC1)C(N)=O. The Morgan fingerprint density at radius 3 is 2.39 bits per heavy atom. The standard InChI is InChI=1S/C14H29N3O/c1-4-11-6-8-12(9-7-11)17(3)10-13(14(15)18)16-5-2/h11-13,16H,4-10H2,1-3H3,(H2,15,18). The number of nitrogens with two attached hydrogens (primary N) is 1. The highest BCUT2D eigenvalue weighted by Crippen LogP contribution is 2.28. The van der Waals surface area contributed by atoms with Crippen molar-refractivity contribution in [2.75, 3.05) is 20.1 Å². The summed E-state index contributed by atoms with van der Waals surface area (Å²) in [6.45, 7) is 5.79. The van der Waals surface area contributed by atoms with E-state index >= 15 is 0 Å². The van der Waals surface area contributed by atoms with E-state index in [0.29, 0.717) is 6.04 Å². The van der Waals surface area contributed by atoms with Crippen LogP contribution in [0.1, 0.15) is 46.0 Å². The van der Waals surface area contributed by atoms with Crippen LogP contribution in [0.2, 0.25) is 0 Å². The van der Waals surface area contributed by atoms with E-state index in [2.05, 4.69) is 24.2 Å². The molecular formula is C14H29N3O. The largest absolute Gasteiger partial charge is 0.368 e. The molecule has 1 saturated carbocycles. The van der Waals surface area contributed by atoms with Crippen molar-refractivity contribution >= 4 is 5.91 Å². The molecule has 3 N–H and O–H groups in total. The zero-order chi connectivity index (χ0) is 13.5. The van der Waals surface area contributed by atoms with Crippen molar-refractivity contribution in [2.24, 2.45) is 11.7 Å². The summed E-state index contributed by atoms with van der Waals surface area (Å²) in [6, 6.07) is 0.400. The molecular weight excluding hydrogens is 226 g/mol. The molecule has 0 bridgehead atoms. The quantitative estimate of drug-likeness (QED) is 0.722. The number of carbonyl (C=O) groups is 1. The van der Waals surface area contributed by atoms with E-state index in [0.717, 1.165) is 19.0 Å². The molecule has 1 aliphatic rings. The van der Waals surface area contributed by atoms with Gasteiger partial charge in [0, 0.05) is 12.6 Å². The van der Waals surface area contributed by atoms with Crippen LogP contribution in [0.5, 0.6) is 0 Å². The summed E-state index contributed by atoms with van der Waals surface area (Å²) in [5.74, 6) is 0.668. The van der Waals surface area contributed by atoms with Crippen LogP contribution in [-0.2, 0) is 4.79 Å². The summed E-state index contributed by atoms with van der Waals surface area (Å²) < 4.78 is 0. The second kappa shape index (κ2) is 7.74. The van der Waals surface area contributed by atoms with E-state index in [1.54, 1.807) is 0 Å². The van der Waals surface area contributed by atoms with Gasteiger partial charge in [-0.25, -0.2) is 0 Å². The number of carbonyl (C=O) groups excluding carboxylic acids is 1. The van der Waals surface area contributed by atoms with Gasteiger partial charge in [-0.1, -0.05) is 20.3 Å². The minimum absolute atomic E-state index is 0.219. The zero-order valence-electron chi connectivity index (χ0n) is 12.1. The maximum Gasteiger partial charge on any atom is 0.235 e. The van der Waals surface area contributed by atoms with Gasteiger partial charge < -0.3 is 16.0 Å². The molecule has 1 aliphatic carbocycles. The van der Waals surface area contributed by atoms with Crippen LogP contribution in [-0.4, -0.2) is 43.0 Å². The average Bonchev–Trinajstić information content (AvgIpc) is 2.38. The first-order valence-corrected chi connectivity index (χ1v) is 7.31. The van der Waals surface area contributed by atoms with Gasteiger partial charge in [0.15, 0.2) is 0 Å². The number of rotatable bonds is 7. The van der Waals surface area contributed by atoms with E-state index < -0.39 is 0 Å². The molecule has 4 nitrogen and oxygen atoms in total. The van der Waals surface area contributed by atoms with E-state index in [1.807, 2.05) is 6.92 Å². The molecule has 1 amide bonds. The number of amides is 1. The molecule has 4 heteroatoms. The van der Waals surface area contributed by atoms with Crippen LogP contribution in [0.3, 0.4) is 0 Å². The Hall–Kier alpha value is -0.610. The van der Waals surface area contributed by atoms with Crippen molar-refractivity contribution in [3.8, 4) is 0 Å². The van der Waals surface area contributed by atoms with Crippen LogP contribution in [0, 0.1) is 5.92 Å². The predicted molar refractivity (Wildman–Crippen MR) is 75.3 cm³/mol. The summed E-state index contributed by atoms with van der Waals surface area (Å²) in [6.07, 6.45) is 6.47. The van der Waals surface area contributed by atoms with Gasteiger partial charge in [-0.2, -0.15) is 0 Å². The fourth-order valence-corrected chi connectivity index (χ4v) is 2.93. The second-order valence-corrected chi connectivity index (χ2v) is 5.54. The lowest BCUT2D eigenvalue weighted by atomic mass is 9.84. The molecule has 1 unspecified atom stereocenters. The number of hydrogen-bond acceptors (Lipinski definition) is 3. The van der Waals surface area contributed by atoms with Crippen LogP contribution in [0.15, 0.2) is 0 Å². The van der Waals surface area contributed by atoms with Gasteiger partial charge in [0.2, 0.25) is 5.91 Å². The lowest BCUT2D eigenvalue weighted by Crippen LogP contribution is -2.50. The molecule has 0 spiro atoms. The smallest absolute Gasteiger partial charge is 0.235 e. The number of nitrogens with zero attached hydrogens (tertiary/aromatic N) is 1. The Labute approximate surface area is 111 Å². The van der Waals surface area contributed by atoms with Crippen molar-refractivity contribution in [1.82, 2.24) is 10.2 Å². The summed E-state index contributed by atoms with van der Waals surface area (Å²) in [5, 5.41) is 3.16. The Kier molecular flexibility index (Phi) is 6.65. The third-order valence-corrected chi connectivity index (χ3v) is 4.28. The number of nitrogens with one attached hydrogen (secondary N) is 1. The fraction of sp³-hybridized carbons (Fsp3) is 0.929. The van der Waals surface area contributed by atoms with Crippen LogP contribution < -0.4 is 11.1 Å². The van der Waals surface area contributed by atoms with Gasteiger partial charge >= 0.3 is 0 Å². The molecule has 1 atom stereocenters. The Bertz CT molecular complexity index is 249. The molecule has 0 aromatic heterocycles. The van der Waals surface area contributed by atoms with Crippen molar-refractivity contribution in [3.63, 3.8) is 0 Å². The Morgan fingerprint density at radius 1 is 1.33 bits per heavy atom. The number of likely N-dealkylation sites (N-methyl/N-ethyl adjacent to an activating group) is 2. The summed E-state index contributed by atoms with van der Waals surface area (Å²) in [7, 11) is 2.12. The fourth-order valence-electron chi connectivity index (χ4n) is 2.93. The summed E-state index contributed by atoms with van der Waals surface area (Å²) in [5.41, 5.74) is 5.42. The topological polar surface area (TPSA) is 58.4 Å². The van der Waals surface area contributed by atoms with Crippen LogP contribution >= 0.6 is 0 Å². The molecule has 18 heavy (non-hydrogen) atoms. The van der Waals surface area contributed by atoms with Crippen molar-refractivity contribution in [2.45, 2.75) is 58.0 Å². The van der Waals surface area contributed by atoms with Crippen molar-refractivity contribution < 1.29 is 4.79 Å². The molecule has 0 aromatic carbocycles. The van der Waals surface area contributed by atoms with E-state index in [1.165, 1.54) is 32.1 Å². The first kappa shape index (κ1) is 15.4. The highest BCUT2D eigenvalue weighted by atomic mass is 16.1. The first-order chi connectivity index (χ1) is 8.58. The lowest BCUT2D eigenvalue weighted by molar-refractivity contribution is -0.120. The van der Waals surface area contributed by atoms with Gasteiger partial charge in [0.25, 0.3) is 0 Å². The van der Waals surface area contributed by atoms with Gasteiger partial charge in [-0.15, -0.1) is 0 Å². The monoisotopic (exact) mass is 255 g/mol. The maximum absolute atomic E-state index is 11.3. The van der Waals surface area contributed by atoms with Gasteiger partial charge in [-0.05, 0) is 45.2 Å². The highest BCUT2D eigenvalue weighted by Gasteiger charge is 2.25. The Balaban J connectivity index is 2.39. The molecule has 0 heterocycles. The van der Waals surface area contributed by atoms with E-state index in [9.17, 15) is 4.79 Å². The molecule has 0 saturated heterocycles. The molecule has 1 fully saturated rings.